The zero-order valence-corrected chi connectivity index (χ0v) is 27.3. The van der Waals surface area contributed by atoms with E-state index in [1.165, 1.54) is 31.8 Å². The number of halogens is 1. The molecule has 0 saturated heterocycles. The van der Waals surface area contributed by atoms with Crippen molar-refractivity contribution in [2.45, 2.75) is 0 Å². The summed E-state index contributed by atoms with van der Waals surface area (Å²) in [5.41, 5.74) is -5.51. The summed E-state index contributed by atoms with van der Waals surface area (Å²) < 4.78 is 0. The predicted octanol–water partition coefficient (Wildman–Crippen LogP) is 6.64. The monoisotopic (exact) mass is 692 g/mol. The van der Waals surface area contributed by atoms with Gasteiger partial charge in [-0.2, -0.15) is 0 Å². The van der Waals surface area contributed by atoms with Gasteiger partial charge in [-0.1, -0.05) is 0 Å². The van der Waals surface area contributed by atoms with Crippen LogP contribution in [-0.4, -0.2) is 6.79 Å². The molecule has 6 aromatic carbocycles. The Kier molecular flexibility index (Phi) is 10.3. The third-order valence-electron chi connectivity index (χ3n) is 7.39. The summed E-state index contributed by atoms with van der Waals surface area (Å²) in [6.45, 7) is 4.50. The first-order chi connectivity index (χ1) is 20.8. The van der Waals surface area contributed by atoms with E-state index in [1.54, 1.807) is 0 Å². The molecule has 0 spiro atoms. The molecule has 0 aromatic heterocycles. The summed E-state index contributed by atoms with van der Waals surface area (Å²) in [5.74, 6) is 0. The second-order valence-corrected chi connectivity index (χ2v) is 33.9. The van der Waals surface area contributed by atoms with Crippen molar-refractivity contribution in [3.8, 4) is 0 Å². The van der Waals surface area contributed by atoms with Crippen molar-refractivity contribution in [2.24, 2.45) is 0 Å². The summed E-state index contributed by atoms with van der Waals surface area (Å²) in [6.07, 6.45) is 0. The van der Waals surface area contributed by atoms with Crippen molar-refractivity contribution < 1.29 is 18.8 Å². The summed E-state index contributed by atoms with van der Waals surface area (Å²) in [7, 11) is 8.59. The van der Waals surface area contributed by atoms with Crippen molar-refractivity contribution in [1.29, 1.82) is 0 Å². The van der Waals surface area contributed by atoms with Crippen LogP contribution in [0.4, 0.5) is 0 Å². The van der Waals surface area contributed by atoms with Gasteiger partial charge in [-0.3, -0.25) is 4.79 Å². The molecule has 0 bridgehead atoms. The molecule has 212 valence electrons. The summed E-state index contributed by atoms with van der Waals surface area (Å²) in [6, 6.07) is 67.1. The summed E-state index contributed by atoms with van der Waals surface area (Å²) >= 11 is -2.18. The molecule has 0 aliphatic carbocycles. The molecule has 6 rings (SSSR count). The van der Waals surface area contributed by atoms with Crippen LogP contribution in [0, 0.1) is 0 Å². The molecule has 2 radical (unpaired) electrons. The second kappa shape index (κ2) is 14.3. The minimum absolute atomic E-state index is 1.38. The fraction of sp³-hybridized carbons (Fsp3) is 0. The van der Waals surface area contributed by atoms with Crippen LogP contribution in [0.1, 0.15) is 0 Å². The fourth-order valence-corrected chi connectivity index (χ4v) is 52.7. The van der Waals surface area contributed by atoms with E-state index >= 15 is 0 Å². The van der Waals surface area contributed by atoms with Crippen molar-refractivity contribution in [2.75, 3.05) is 0 Å². The van der Waals surface area contributed by atoms with E-state index < -0.39 is 25.2 Å². The molecule has 42 heavy (non-hydrogen) atoms. The van der Waals surface area contributed by atoms with Crippen LogP contribution >= 0.6 is 20.9 Å². The Hall–Kier alpha value is -3.24. The molecule has 1 nitrogen and oxygen atoms in total. The van der Waals surface area contributed by atoms with Crippen LogP contribution in [0.25, 0.3) is 0 Å². The maximum absolute atomic E-state index is 8.59. The SMILES string of the molecule is [C]=O.[Cl][Rh]([PH](c1ccccc1)(c1ccccc1)c1ccccc1)[PH](c1ccccc1)(c1ccccc1)c1ccccc1. The Labute approximate surface area is 258 Å². The van der Waals surface area contributed by atoms with E-state index in [1.807, 2.05) is 0 Å². The number of benzene rings is 6. The fourth-order valence-electron chi connectivity index (χ4n) is 5.66. The first-order valence-corrected chi connectivity index (χ1v) is 24.3. The van der Waals surface area contributed by atoms with Crippen LogP contribution in [-0.2, 0) is 18.8 Å². The van der Waals surface area contributed by atoms with Crippen LogP contribution in [0.2, 0.25) is 0 Å². The van der Waals surface area contributed by atoms with Gasteiger partial charge in [-0.15, -0.1) is 0 Å². The zero-order chi connectivity index (χ0) is 29.3. The van der Waals surface area contributed by atoms with Crippen LogP contribution < -0.4 is 31.8 Å². The molecular formula is C37H32ClOP2Rh. The normalized spacial score (nSPS) is 12.4. The van der Waals surface area contributed by atoms with Gasteiger partial charge < -0.3 is 0 Å². The number of hydrogen-bond donors (Lipinski definition) is 0. The van der Waals surface area contributed by atoms with E-state index in [2.05, 4.69) is 189 Å². The van der Waals surface area contributed by atoms with Crippen molar-refractivity contribution in [3.05, 3.63) is 182 Å². The summed E-state index contributed by atoms with van der Waals surface area (Å²) in [5, 5.41) is 8.30. The van der Waals surface area contributed by atoms with Gasteiger partial charge in [0.25, 0.3) is 6.79 Å². The molecular weight excluding hydrogens is 661 g/mol. The van der Waals surface area contributed by atoms with E-state index in [4.69, 9.17) is 14.5 Å². The van der Waals surface area contributed by atoms with Crippen LogP contribution in [0.5, 0.6) is 0 Å². The third kappa shape index (κ3) is 5.46. The van der Waals surface area contributed by atoms with Gasteiger partial charge in [0.15, 0.2) is 0 Å². The van der Waals surface area contributed by atoms with Crippen molar-refractivity contribution in [3.63, 3.8) is 0 Å². The molecule has 0 aliphatic heterocycles. The van der Waals surface area contributed by atoms with Gasteiger partial charge in [0, 0.05) is 0 Å². The van der Waals surface area contributed by atoms with Gasteiger partial charge in [0.1, 0.15) is 0 Å². The molecule has 0 saturated carbocycles. The van der Waals surface area contributed by atoms with Crippen molar-refractivity contribution in [1.82, 2.24) is 0 Å². The first kappa shape index (κ1) is 30.2. The van der Waals surface area contributed by atoms with Gasteiger partial charge >= 0.3 is 249 Å². The van der Waals surface area contributed by atoms with Gasteiger partial charge in [0.2, 0.25) is 0 Å². The van der Waals surface area contributed by atoms with Crippen LogP contribution in [0.3, 0.4) is 0 Å². The molecule has 0 amide bonds. The Morgan fingerprint density at radius 1 is 0.333 bits per heavy atom. The quantitative estimate of drug-likeness (QED) is 0.129. The van der Waals surface area contributed by atoms with E-state index in [-0.39, 0.29) is 0 Å². The zero-order valence-electron chi connectivity index (χ0n) is 22.9. The molecule has 0 N–H and O–H groups in total. The first-order valence-electron chi connectivity index (χ1n) is 13.6. The predicted molar refractivity (Wildman–Crippen MR) is 185 cm³/mol. The average molecular weight is 693 g/mol. The Morgan fingerprint density at radius 3 is 0.619 bits per heavy atom. The molecule has 0 unspecified atom stereocenters. The average Bonchev–Trinajstić information content (AvgIpc) is 3.09. The van der Waals surface area contributed by atoms with Gasteiger partial charge in [0.05, 0.1) is 0 Å². The topological polar surface area (TPSA) is 17.1 Å². The molecule has 6 aromatic rings. The molecule has 0 fully saturated rings. The third-order valence-corrected chi connectivity index (χ3v) is 45.5. The van der Waals surface area contributed by atoms with Crippen molar-refractivity contribution >= 4 is 59.5 Å². The summed E-state index contributed by atoms with van der Waals surface area (Å²) in [4.78, 5) is 7.50. The Balaban J connectivity index is 0.00000173. The number of rotatable bonds is 8. The Bertz CT molecular complexity index is 1340. The Morgan fingerprint density at radius 2 is 0.476 bits per heavy atom. The van der Waals surface area contributed by atoms with E-state index in [0.717, 1.165) is 0 Å². The maximum atomic E-state index is 8.59. The van der Waals surface area contributed by atoms with E-state index in [9.17, 15) is 0 Å². The molecule has 0 atom stereocenters. The molecule has 5 heteroatoms. The van der Waals surface area contributed by atoms with Crippen LogP contribution in [0.15, 0.2) is 182 Å². The molecule has 0 heterocycles. The van der Waals surface area contributed by atoms with E-state index in [0.29, 0.717) is 0 Å². The van der Waals surface area contributed by atoms with Gasteiger partial charge in [-0.25, -0.2) is 0 Å². The minimum atomic E-state index is -2.75. The second-order valence-electron chi connectivity index (χ2n) is 9.66. The number of hydrogen-bond acceptors (Lipinski definition) is 1. The number of carbonyl (C=O) groups excluding carboxylic acids is 1. The van der Waals surface area contributed by atoms with Gasteiger partial charge in [-0.05, 0) is 0 Å². The molecule has 0 aliphatic rings. The standard InChI is InChI=1S/2C18H15P.CO.ClH.Rh/c2*1-4-10-16(11-5-1)19(17-12-6-2-7-13-17)18-14-8-3-9-15-18;1-2;;/h2*1-15H;;1H;/q;;;;-1/p+1.